The fraction of sp³-hybridized carbons (Fsp3) is 0.182. The van der Waals surface area contributed by atoms with E-state index in [0.29, 0.717) is 17.8 Å². The van der Waals surface area contributed by atoms with Crippen LogP contribution in [0.5, 0.6) is 0 Å². The van der Waals surface area contributed by atoms with Crippen molar-refractivity contribution in [2.24, 2.45) is 0 Å². The molecule has 2 amide bonds. The summed E-state index contributed by atoms with van der Waals surface area (Å²) in [7, 11) is 0. The Labute approximate surface area is 168 Å². The first-order valence-electron chi connectivity index (χ1n) is 9.29. The average molecular weight is 391 g/mol. The molecule has 1 aromatic heterocycles. The van der Waals surface area contributed by atoms with Crippen LogP contribution in [0.4, 0.5) is 11.4 Å². The second-order valence-electron chi connectivity index (χ2n) is 6.62. The largest absolute Gasteiger partial charge is 0.326 e. The summed E-state index contributed by atoms with van der Waals surface area (Å²) in [6.45, 7) is 0.603. The molecule has 142 valence electrons. The lowest BCUT2D eigenvalue weighted by Crippen LogP contribution is -2.50. The molecule has 2 heterocycles. The SMILES string of the molecule is O=C(NN(c1ccccc1)c1ccccc1)[C@H]1CCCN1C(=O)c1cccs1. The number of amides is 2. The molecule has 1 saturated heterocycles. The maximum atomic E-state index is 13.1. The number of carbonyl (C=O) groups is 2. The Morgan fingerprint density at radius 3 is 2.14 bits per heavy atom. The standard InChI is InChI=1S/C22H21N3O2S/c26-21(19-13-7-15-24(19)22(27)20-14-8-16-28-20)23-25(17-9-3-1-4-10-17)18-11-5-2-6-12-18/h1-6,8-12,14,16,19H,7,13,15H2,(H,23,26)/t19-/m1/s1. The molecule has 0 unspecified atom stereocenters. The van der Waals surface area contributed by atoms with E-state index in [9.17, 15) is 9.59 Å². The number of likely N-dealkylation sites (tertiary alicyclic amines) is 1. The van der Waals surface area contributed by atoms with Crippen molar-refractivity contribution in [3.05, 3.63) is 83.1 Å². The minimum absolute atomic E-state index is 0.0707. The summed E-state index contributed by atoms with van der Waals surface area (Å²) in [4.78, 5) is 28.3. The van der Waals surface area contributed by atoms with Gasteiger partial charge in [0.15, 0.2) is 0 Å². The smallest absolute Gasteiger partial charge is 0.264 e. The second-order valence-corrected chi connectivity index (χ2v) is 7.56. The van der Waals surface area contributed by atoms with Gasteiger partial charge in [-0.05, 0) is 48.6 Å². The van der Waals surface area contributed by atoms with E-state index in [1.54, 1.807) is 16.0 Å². The quantitative estimate of drug-likeness (QED) is 0.663. The van der Waals surface area contributed by atoms with Crippen LogP contribution in [-0.2, 0) is 4.79 Å². The van der Waals surface area contributed by atoms with Gasteiger partial charge < -0.3 is 4.90 Å². The number of nitrogens with zero attached hydrogens (tertiary/aromatic N) is 2. The molecule has 1 atom stereocenters. The zero-order valence-corrected chi connectivity index (χ0v) is 16.1. The number of rotatable bonds is 5. The second kappa shape index (κ2) is 8.27. The number of hydrogen-bond donors (Lipinski definition) is 1. The van der Waals surface area contributed by atoms with Crippen molar-refractivity contribution in [1.29, 1.82) is 0 Å². The van der Waals surface area contributed by atoms with Gasteiger partial charge in [-0.3, -0.25) is 20.0 Å². The van der Waals surface area contributed by atoms with Crippen LogP contribution >= 0.6 is 11.3 Å². The molecular formula is C22H21N3O2S. The van der Waals surface area contributed by atoms with Gasteiger partial charge in [0, 0.05) is 6.54 Å². The molecule has 3 aromatic rings. The summed E-state index contributed by atoms with van der Waals surface area (Å²) in [5.41, 5.74) is 4.74. The van der Waals surface area contributed by atoms with Crippen molar-refractivity contribution < 1.29 is 9.59 Å². The predicted molar refractivity (Wildman–Crippen MR) is 112 cm³/mol. The van der Waals surface area contributed by atoms with Crippen molar-refractivity contribution >= 4 is 34.5 Å². The van der Waals surface area contributed by atoms with Gasteiger partial charge in [-0.2, -0.15) is 0 Å². The van der Waals surface area contributed by atoms with Gasteiger partial charge in [-0.15, -0.1) is 11.3 Å². The molecule has 0 radical (unpaired) electrons. The summed E-state index contributed by atoms with van der Waals surface area (Å²) in [5.74, 6) is -0.242. The van der Waals surface area contributed by atoms with E-state index in [-0.39, 0.29) is 11.8 Å². The number of nitrogens with one attached hydrogen (secondary N) is 1. The van der Waals surface area contributed by atoms with Crippen LogP contribution in [0.2, 0.25) is 0 Å². The summed E-state index contributed by atoms with van der Waals surface area (Å²) in [5, 5.41) is 3.65. The third kappa shape index (κ3) is 3.77. The van der Waals surface area contributed by atoms with E-state index < -0.39 is 6.04 Å². The number of para-hydroxylation sites is 2. The Morgan fingerprint density at radius 2 is 1.57 bits per heavy atom. The zero-order chi connectivity index (χ0) is 19.3. The first kappa shape index (κ1) is 18.3. The normalized spacial score (nSPS) is 16.0. The highest BCUT2D eigenvalue weighted by atomic mass is 32.1. The van der Waals surface area contributed by atoms with Gasteiger partial charge in [0.1, 0.15) is 6.04 Å². The maximum Gasteiger partial charge on any atom is 0.264 e. The van der Waals surface area contributed by atoms with Gasteiger partial charge in [-0.1, -0.05) is 42.5 Å². The van der Waals surface area contributed by atoms with E-state index in [1.807, 2.05) is 72.1 Å². The van der Waals surface area contributed by atoms with Crippen LogP contribution in [0.15, 0.2) is 78.2 Å². The minimum atomic E-state index is -0.468. The van der Waals surface area contributed by atoms with Gasteiger partial charge in [-0.25, -0.2) is 0 Å². The van der Waals surface area contributed by atoms with Gasteiger partial charge in [0.2, 0.25) is 0 Å². The number of hydrazine groups is 1. The van der Waals surface area contributed by atoms with Gasteiger partial charge in [0.25, 0.3) is 11.8 Å². The summed E-state index contributed by atoms with van der Waals surface area (Å²) < 4.78 is 0. The molecule has 6 heteroatoms. The van der Waals surface area contributed by atoms with E-state index in [4.69, 9.17) is 0 Å². The fourth-order valence-corrected chi connectivity index (χ4v) is 4.12. The topological polar surface area (TPSA) is 52.7 Å². The highest BCUT2D eigenvalue weighted by Crippen LogP contribution is 2.25. The first-order valence-corrected chi connectivity index (χ1v) is 10.2. The first-order chi connectivity index (χ1) is 13.7. The number of hydrogen-bond acceptors (Lipinski definition) is 4. The summed E-state index contributed by atoms with van der Waals surface area (Å²) in [6, 6.07) is 22.6. The summed E-state index contributed by atoms with van der Waals surface area (Å²) >= 11 is 1.41. The van der Waals surface area contributed by atoms with E-state index in [1.165, 1.54) is 11.3 Å². The van der Waals surface area contributed by atoms with E-state index in [2.05, 4.69) is 5.43 Å². The van der Waals surface area contributed by atoms with Crippen LogP contribution in [-0.4, -0.2) is 29.3 Å². The number of benzene rings is 2. The number of thiophene rings is 1. The Morgan fingerprint density at radius 1 is 0.929 bits per heavy atom. The summed E-state index contributed by atoms with van der Waals surface area (Å²) in [6.07, 6.45) is 1.49. The van der Waals surface area contributed by atoms with Crippen molar-refractivity contribution in [1.82, 2.24) is 10.3 Å². The molecule has 2 aromatic carbocycles. The monoisotopic (exact) mass is 391 g/mol. The highest BCUT2D eigenvalue weighted by molar-refractivity contribution is 7.12. The van der Waals surface area contributed by atoms with Crippen molar-refractivity contribution in [3.8, 4) is 0 Å². The Hall–Kier alpha value is -3.12. The molecule has 1 aliphatic heterocycles. The molecule has 5 nitrogen and oxygen atoms in total. The molecule has 1 aliphatic rings. The Bertz CT molecular complexity index is 889. The average Bonchev–Trinajstić information content (AvgIpc) is 3.45. The van der Waals surface area contributed by atoms with E-state index >= 15 is 0 Å². The van der Waals surface area contributed by atoms with Crippen LogP contribution < -0.4 is 10.4 Å². The van der Waals surface area contributed by atoms with E-state index in [0.717, 1.165) is 17.8 Å². The minimum Gasteiger partial charge on any atom is -0.326 e. The molecule has 0 bridgehead atoms. The Balaban J connectivity index is 1.56. The van der Waals surface area contributed by atoms with Gasteiger partial charge >= 0.3 is 0 Å². The van der Waals surface area contributed by atoms with Crippen molar-refractivity contribution in [3.63, 3.8) is 0 Å². The van der Waals surface area contributed by atoms with Crippen molar-refractivity contribution in [2.45, 2.75) is 18.9 Å². The fourth-order valence-electron chi connectivity index (χ4n) is 3.44. The molecule has 0 spiro atoms. The number of carbonyl (C=O) groups excluding carboxylic acids is 2. The van der Waals surface area contributed by atoms with Crippen LogP contribution in [0.1, 0.15) is 22.5 Å². The number of anilines is 2. The molecule has 1 N–H and O–H groups in total. The maximum absolute atomic E-state index is 13.1. The van der Waals surface area contributed by atoms with Crippen LogP contribution in [0, 0.1) is 0 Å². The van der Waals surface area contributed by atoms with Gasteiger partial charge in [0.05, 0.1) is 16.3 Å². The molecule has 1 fully saturated rings. The third-order valence-corrected chi connectivity index (χ3v) is 5.66. The molecule has 0 saturated carbocycles. The van der Waals surface area contributed by atoms with Crippen molar-refractivity contribution in [2.75, 3.05) is 11.6 Å². The van der Waals surface area contributed by atoms with Crippen LogP contribution in [0.3, 0.4) is 0 Å². The zero-order valence-electron chi connectivity index (χ0n) is 15.3. The lowest BCUT2D eigenvalue weighted by Gasteiger charge is -2.29. The Kier molecular flexibility index (Phi) is 5.39. The molecule has 0 aliphatic carbocycles. The lowest BCUT2D eigenvalue weighted by molar-refractivity contribution is -0.124. The predicted octanol–water partition coefficient (Wildman–Crippen LogP) is 4.22. The molecule has 28 heavy (non-hydrogen) atoms. The third-order valence-electron chi connectivity index (χ3n) is 4.80. The van der Waals surface area contributed by atoms with Crippen LogP contribution in [0.25, 0.3) is 0 Å². The lowest BCUT2D eigenvalue weighted by atomic mass is 10.2. The highest BCUT2D eigenvalue weighted by Gasteiger charge is 2.35. The molecule has 4 rings (SSSR count). The molecular weight excluding hydrogens is 370 g/mol.